The number of nitrogens with zero attached hydrogens (tertiary/aromatic N) is 1. The fourth-order valence-corrected chi connectivity index (χ4v) is 1.78. The smallest absolute Gasteiger partial charge is 0.150 e. The van der Waals surface area contributed by atoms with E-state index >= 15 is 0 Å². The van der Waals surface area contributed by atoms with Crippen LogP contribution in [0.4, 0.5) is 0 Å². The molecule has 0 aliphatic carbocycles. The minimum Gasteiger partial charge on any atom is -0.350 e. The molecule has 0 aliphatic rings. The molecule has 0 saturated heterocycles. The van der Waals surface area contributed by atoms with Crippen molar-refractivity contribution in [3.05, 3.63) is 35.5 Å². The first kappa shape index (κ1) is 8.05. The summed E-state index contributed by atoms with van der Waals surface area (Å²) in [6.45, 7) is 2.02. The van der Waals surface area contributed by atoms with Gasteiger partial charge in [0.25, 0.3) is 0 Å². The van der Waals surface area contributed by atoms with E-state index in [9.17, 15) is 4.79 Å². The fraction of sp³-hybridized carbons (Fsp3) is 0.182. The van der Waals surface area contributed by atoms with E-state index in [4.69, 9.17) is 0 Å². The molecule has 1 aromatic heterocycles. The predicted molar refractivity (Wildman–Crippen MR) is 53.0 cm³/mol. The Morgan fingerprint density at radius 3 is 2.85 bits per heavy atom. The highest BCUT2D eigenvalue weighted by Crippen LogP contribution is 2.20. The lowest BCUT2D eigenvalue weighted by Crippen LogP contribution is -1.89. The SMILES string of the molecule is Cc1cc(C=O)cc2ccn(C)c12. The second-order valence-electron chi connectivity index (χ2n) is 3.32. The van der Waals surface area contributed by atoms with Crippen molar-refractivity contribution < 1.29 is 4.79 Å². The van der Waals surface area contributed by atoms with Crippen LogP contribution >= 0.6 is 0 Å². The van der Waals surface area contributed by atoms with Crippen LogP contribution in [-0.4, -0.2) is 10.9 Å². The van der Waals surface area contributed by atoms with E-state index in [0.717, 1.165) is 22.8 Å². The molecule has 2 heteroatoms. The van der Waals surface area contributed by atoms with Crippen molar-refractivity contribution >= 4 is 17.2 Å². The van der Waals surface area contributed by atoms with E-state index in [0.29, 0.717) is 0 Å². The van der Waals surface area contributed by atoms with Gasteiger partial charge in [0.15, 0.2) is 0 Å². The van der Waals surface area contributed by atoms with Crippen molar-refractivity contribution in [3.63, 3.8) is 0 Å². The molecule has 0 atom stereocenters. The van der Waals surface area contributed by atoms with Gasteiger partial charge in [0.1, 0.15) is 6.29 Å². The quantitative estimate of drug-likeness (QED) is 0.606. The second-order valence-corrected chi connectivity index (χ2v) is 3.32. The number of benzene rings is 1. The molecule has 0 radical (unpaired) electrons. The Morgan fingerprint density at radius 1 is 1.38 bits per heavy atom. The van der Waals surface area contributed by atoms with Gasteiger partial charge in [0, 0.05) is 24.2 Å². The number of aldehydes is 1. The molecule has 13 heavy (non-hydrogen) atoms. The fourth-order valence-electron chi connectivity index (χ4n) is 1.78. The van der Waals surface area contributed by atoms with Crippen LogP contribution in [0.25, 0.3) is 10.9 Å². The van der Waals surface area contributed by atoms with Gasteiger partial charge in [-0.05, 0) is 30.7 Å². The summed E-state index contributed by atoms with van der Waals surface area (Å²) >= 11 is 0. The molecule has 1 aromatic carbocycles. The highest BCUT2D eigenvalue weighted by atomic mass is 16.1. The molecule has 0 fully saturated rings. The van der Waals surface area contributed by atoms with Crippen molar-refractivity contribution in [1.82, 2.24) is 4.57 Å². The molecule has 0 unspecified atom stereocenters. The van der Waals surface area contributed by atoms with Gasteiger partial charge >= 0.3 is 0 Å². The lowest BCUT2D eigenvalue weighted by Gasteiger charge is -2.01. The van der Waals surface area contributed by atoms with Crippen LogP contribution in [0.2, 0.25) is 0 Å². The van der Waals surface area contributed by atoms with Crippen molar-refractivity contribution in [1.29, 1.82) is 0 Å². The Kier molecular flexibility index (Phi) is 1.69. The first-order valence-corrected chi connectivity index (χ1v) is 4.23. The molecule has 0 amide bonds. The molecular weight excluding hydrogens is 162 g/mol. The zero-order valence-electron chi connectivity index (χ0n) is 7.74. The predicted octanol–water partition coefficient (Wildman–Crippen LogP) is 2.30. The van der Waals surface area contributed by atoms with Crippen LogP contribution in [0, 0.1) is 6.92 Å². The van der Waals surface area contributed by atoms with E-state index in [-0.39, 0.29) is 0 Å². The summed E-state index contributed by atoms with van der Waals surface area (Å²) in [6.07, 6.45) is 2.89. The standard InChI is InChI=1S/C11H11NO/c1-8-5-9(7-13)6-10-3-4-12(2)11(8)10/h3-7H,1-2H3. The Balaban J connectivity index is 2.86. The maximum Gasteiger partial charge on any atom is 0.150 e. The zero-order valence-corrected chi connectivity index (χ0v) is 7.74. The maximum absolute atomic E-state index is 10.6. The van der Waals surface area contributed by atoms with E-state index in [1.807, 2.05) is 38.4 Å². The maximum atomic E-state index is 10.6. The highest BCUT2D eigenvalue weighted by Gasteiger charge is 2.02. The van der Waals surface area contributed by atoms with Gasteiger partial charge in [-0.15, -0.1) is 0 Å². The van der Waals surface area contributed by atoms with Gasteiger partial charge in [-0.1, -0.05) is 0 Å². The number of carbonyl (C=O) groups is 1. The van der Waals surface area contributed by atoms with E-state index in [1.54, 1.807) is 0 Å². The summed E-state index contributed by atoms with van der Waals surface area (Å²) < 4.78 is 2.07. The summed E-state index contributed by atoms with van der Waals surface area (Å²) in [5, 5.41) is 1.13. The van der Waals surface area contributed by atoms with Crippen molar-refractivity contribution in [3.8, 4) is 0 Å². The zero-order chi connectivity index (χ0) is 9.42. The Bertz CT molecular complexity index is 468. The third-order valence-electron chi connectivity index (χ3n) is 2.32. The topological polar surface area (TPSA) is 22.0 Å². The van der Waals surface area contributed by atoms with Crippen LogP contribution in [0.3, 0.4) is 0 Å². The lowest BCUT2D eigenvalue weighted by molar-refractivity contribution is 0.112. The largest absolute Gasteiger partial charge is 0.350 e. The number of carbonyl (C=O) groups excluding carboxylic acids is 1. The Hall–Kier alpha value is -1.57. The monoisotopic (exact) mass is 173 g/mol. The third-order valence-corrected chi connectivity index (χ3v) is 2.32. The molecule has 2 nitrogen and oxygen atoms in total. The number of hydrogen-bond donors (Lipinski definition) is 0. The molecule has 0 saturated carbocycles. The van der Waals surface area contributed by atoms with E-state index in [2.05, 4.69) is 4.57 Å². The average molecular weight is 173 g/mol. The van der Waals surface area contributed by atoms with Gasteiger partial charge in [0.2, 0.25) is 0 Å². The first-order valence-electron chi connectivity index (χ1n) is 4.23. The van der Waals surface area contributed by atoms with Crippen LogP contribution in [0.15, 0.2) is 24.4 Å². The highest BCUT2D eigenvalue weighted by molar-refractivity contribution is 5.89. The summed E-state index contributed by atoms with van der Waals surface area (Å²) in [6, 6.07) is 5.85. The van der Waals surface area contributed by atoms with Gasteiger partial charge in [-0.2, -0.15) is 0 Å². The van der Waals surface area contributed by atoms with Crippen LogP contribution < -0.4 is 0 Å². The molecule has 2 rings (SSSR count). The molecule has 0 spiro atoms. The van der Waals surface area contributed by atoms with Crippen molar-refractivity contribution in [2.24, 2.45) is 7.05 Å². The van der Waals surface area contributed by atoms with Gasteiger partial charge in [0.05, 0.1) is 5.52 Å². The van der Waals surface area contributed by atoms with Gasteiger partial charge < -0.3 is 4.57 Å². The van der Waals surface area contributed by atoms with Gasteiger partial charge in [-0.3, -0.25) is 4.79 Å². The summed E-state index contributed by atoms with van der Waals surface area (Å²) in [4.78, 5) is 10.6. The minimum absolute atomic E-state index is 0.746. The molecule has 0 bridgehead atoms. The van der Waals surface area contributed by atoms with Crippen LogP contribution in [-0.2, 0) is 7.05 Å². The second kappa shape index (κ2) is 2.73. The average Bonchev–Trinajstić information content (AvgIpc) is 2.48. The number of aromatic nitrogens is 1. The molecular formula is C11H11NO. The number of rotatable bonds is 1. The lowest BCUT2D eigenvalue weighted by atomic mass is 10.1. The molecule has 0 aliphatic heterocycles. The van der Waals surface area contributed by atoms with Crippen molar-refractivity contribution in [2.75, 3.05) is 0 Å². The first-order chi connectivity index (χ1) is 6.22. The minimum atomic E-state index is 0.746. The Morgan fingerprint density at radius 2 is 2.15 bits per heavy atom. The summed E-state index contributed by atoms with van der Waals surface area (Å²) in [7, 11) is 2.01. The molecule has 2 aromatic rings. The van der Waals surface area contributed by atoms with Crippen LogP contribution in [0.5, 0.6) is 0 Å². The van der Waals surface area contributed by atoms with Crippen LogP contribution in [0.1, 0.15) is 15.9 Å². The number of fused-ring (bicyclic) bond motifs is 1. The van der Waals surface area contributed by atoms with E-state index in [1.165, 1.54) is 5.52 Å². The normalized spacial score (nSPS) is 10.6. The summed E-state index contributed by atoms with van der Waals surface area (Å²) in [5.74, 6) is 0. The van der Waals surface area contributed by atoms with Gasteiger partial charge in [-0.25, -0.2) is 0 Å². The number of aryl methyl sites for hydroxylation is 2. The Labute approximate surface area is 76.8 Å². The molecule has 66 valence electrons. The van der Waals surface area contributed by atoms with Crippen molar-refractivity contribution in [2.45, 2.75) is 6.92 Å². The summed E-state index contributed by atoms with van der Waals surface area (Å²) in [5.41, 5.74) is 3.09. The van der Waals surface area contributed by atoms with E-state index < -0.39 is 0 Å². The molecule has 0 N–H and O–H groups in total. The molecule has 1 heterocycles. The third kappa shape index (κ3) is 1.15. The number of hydrogen-bond acceptors (Lipinski definition) is 1.